The maximum atomic E-state index is 11.6. The van der Waals surface area contributed by atoms with E-state index in [1.807, 2.05) is 5.32 Å². The zero-order chi connectivity index (χ0) is 16.3. The van der Waals surface area contributed by atoms with Crippen molar-refractivity contribution in [3.63, 3.8) is 0 Å². The molecule has 0 aromatic heterocycles. The number of nitrogens with one attached hydrogen (secondary N) is 1. The fraction of sp³-hybridized carbons (Fsp3) is 0.625. The summed E-state index contributed by atoms with van der Waals surface area (Å²) in [5, 5.41) is 11.9. The number of aliphatic hydroxyl groups excluding tert-OH is 1. The maximum Gasteiger partial charge on any atom is 0.162 e. The van der Waals surface area contributed by atoms with Crippen LogP contribution in [-0.2, 0) is 16.3 Å². The summed E-state index contributed by atoms with van der Waals surface area (Å²) in [5.74, 6) is -0.0166. The number of quaternary nitrogens is 2. The maximum absolute atomic E-state index is 11.6. The molecule has 1 aliphatic heterocycles. The van der Waals surface area contributed by atoms with Gasteiger partial charge < -0.3 is 15.3 Å². The zero-order valence-electron chi connectivity index (χ0n) is 13.6. The van der Waals surface area contributed by atoms with Crippen LogP contribution in [0.25, 0.3) is 0 Å². The zero-order valence-corrected chi connectivity index (χ0v) is 14.4. The van der Waals surface area contributed by atoms with Crippen molar-refractivity contribution in [3.8, 4) is 0 Å². The van der Waals surface area contributed by atoms with E-state index < -0.39 is 15.9 Å². The second kappa shape index (κ2) is 7.08. The minimum atomic E-state index is -3.07. The van der Waals surface area contributed by atoms with Gasteiger partial charge >= 0.3 is 0 Å². The first-order valence-corrected chi connectivity index (χ1v) is 9.75. The van der Waals surface area contributed by atoms with Gasteiger partial charge in [0.1, 0.15) is 24.4 Å². The van der Waals surface area contributed by atoms with Crippen LogP contribution in [0.1, 0.15) is 24.1 Å². The minimum absolute atomic E-state index is 0.0818. The summed E-state index contributed by atoms with van der Waals surface area (Å²) in [5.41, 5.74) is 2.57. The van der Waals surface area contributed by atoms with Crippen molar-refractivity contribution in [2.75, 3.05) is 32.1 Å². The van der Waals surface area contributed by atoms with Crippen LogP contribution in [0.3, 0.4) is 0 Å². The van der Waals surface area contributed by atoms with Crippen molar-refractivity contribution >= 4 is 9.84 Å². The Bertz CT molecular complexity index is 584. The summed E-state index contributed by atoms with van der Waals surface area (Å²) in [7, 11) is 1.14. The molecule has 0 amide bonds. The van der Waals surface area contributed by atoms with E-state index in [1.54, 1.807) is 0 Å². The molecular formula is C16H28N2O3S+2. The molecule has 0 aliphatic carbocycles. The Hall–Kier alpha value is -0.950. The smallest absolute Gasteiger partial charge is 0.162 e. The molecule has 1 saturated heterocycles. The molecule has 6 heteroatoms. The van der Waals surface area contributed by atoms with E-state index >= 15 is 0 Å². The molecule has 1 aromatic carbocycles. The molecule has 0 saturated carbocycles. The number of benzene rings is 1. The Balaban J connectivity index is 2.03. The predicted octanol–water partition coefficient (Wildman–Crippen LogP) is -1.84. The fourth-order valence-corrected chi connectivity index (χ4v) is 4.93. The summed E-state index contributed by atoms with van der Waals surface area (Å²) < 4.78 is 23.2. The van der Waals surface area contributed by atoms with Gasteiger partial charge in [-0.3, -0.25) is 0 Å². The molecule has 5 nitrogen and oxygen atoms in total. The fourth-order valence-electron chi connectivity index (χ4n) is 3.08. The lowest BCUT2D eigenvalue weighted by atomic mass is 10.0. The lowest BCUT2D eigenvalue weighted by Gasteiger charge is -2.22. The van der Waals surface area contributed by atoms with E-state index in [2.05, 4.69) is 45.3 Å². The van der Waals surface area contributed by atoms with Gasteiger partial charge in [-0.15, -0.1) is 0 Å². The summed E-state index contributed by atoms with van der Waals surface area (Å²) >= 11 is 0. The standard InChI is InChI=1S/C16H26N2O3S/c1-4-12-5-7-13(8-6-12)15(18(2)3)9-17-14-10-22(20,21)11-16(14)19/h5-8,14-17,19H,4,9-11H2,1-3H3/p+2/t14-,15-,16+/m1/s1. The number of hydrogen-bond acceptors (Lipinski definition) is 3. The Labute approximate surface area is 133 Å². The van der Waals surface area contributed by atoms with Gasteiger partial charge in [-0.25, -0.2) is 8.42 Å². The highest BCUT2D eigenvalue weighted by atomic mass is 32.2. The molecule has 4 N–H and O–H groups in total. The van der Waals surface area contributed by atoms with Crippen LogP contribution < -0.4 is 10.2 Å². The molecule has 22 heavy (non-hydrogen) atoms. The molecule has 1 heterocycles. The molecule has 3 atom stereocenters. The van der Waals surface area contributed by atoms with E-state index in [9.17, 15) is 13.5 Å². The van der Waals surface area contributed by atoms with Crippen LogP contribution in [0.2, 0.25) is 0 Å². The molecule has 1 aromatic rings. The summed E-state index contributed by atoms with van der Waals surface area (Å²) in [6, 6.07) is 8.67. The molecule has 2 rings (SSSR count). The number of sulfone groups is 1. The number of likely N-dealkylation sites (N-methyl/N-ethyl adjacent to an activating group) is 1. The van der Waals surface area contributed by atoms with E-state index in [0.29, 0.717) is 0 Å². The van der Waals surface area contributed by atoms with Crippen molar-refractivity contribution in [2.45, 2.75) is 31.5 Å². The van der Waals surface area contributed by atoms with Crippen LogP contribution in [-0.4, -0.2) is 57.8 Å². The van der Waals surface area contributed by atoms with E-state index in [0.717, 1.165) is 13.0 Å². The Morgan fingerprint density at radius 3 is 2.36 bits per heavy atom. The first-order chi connectivity index (χ1) is 10.3. The van der Waals surface area contributed by atoms with Gasteiger partial charge in [0.05, 0.1) is 19.8 Å². The highest BCUT2D eigenvalue weighted by molar-refractivity contribution is 7.91. The largest absolute Gasteiger partial charge is 0.386 e. The molecule has 0 radical (unpaired) electrons. The quantitative estimate of drug-likeness (QED) is 0.574. The second-order valence-electron chi connectivity index (χ2n) is 6.50. The number of aliphatic hydroxyl groups is 1. The lowest BCUT2D eigenvalue weighted by molar-refractivity contribution is -0.911. The Morgan fingerprint density at radius 2 is 1.91 bits per heavy atom. The number of rotatable bonds is 6. The predicted molar refractivity (Wildman–Crippen MR) is 86.6 cm³/mol. The molecule has 0 unspecified atom stereocenters. The SMILES string of the molecule is CCc1ccc([C@@H](C[NH2+][C@@H]2CS(=O)(=O)C[C@@H]2O)[NH+](C)C)cc1. The average Bonchev–Trinajstić information content (AvgIpc) is 2.72. The first-order valence-electron chi connectivity index (χ1n) is 7.93. The summed E-state index contributed by atoms with van der Waals surface area (Å²) in [6.07, 6.45) is 0.281. The van der Waals surface area contributed by atoms with Crippen LogP contribution in [0, 0.1) is 0 Å². The monoisotopic (exact) mass is 328 g/mol. The van der Waals surface area contributed by atoms with Crippen molar-refractivity contribution in [3.05, 3.63) is 35.4 Å². The molecular weight excluding hydrogens is 300 g/mol. The molecule has 1 fully saturated rings. The second-order valence-corrected chi connectivity index (χ2v) is 8.66. The van der Waals surface area contributed by atoms with Gasteiger partial charge in [-0.1, -0.05) is 31.2 Å². The Kier molecular flexibility index (Phi) is 5.60. The number of hydrogen-bond donors (Lipinski definition) is 3. The Morgan fingerprint density at radius 1 is 1.27 bits per heavy atom. The normalized spacial score (nSPS) is 25.5. The van der Waals surface area contributed by atoms with E-state index in [4.69, 9.17) is 0 Å². The van der Waals surface area contributed by atoms with E-state index in [-0.39, 0.29) is 23.6 Å². The minimum Gasteiger partial charge on any atom is -0.386 e. The van der Waals surface area contributed by atoms with Crippen molar-refractivity contribution in [1.29, 1.82) is 0 Å². The number of aryl methyl sites for hydroxylation is 1. The molecule has 124 valence electrons. The van der Waals surface area contributed by atoms with Crippen LogP contribution in [0.5, 0.6) is 0 Å². The molecule has 0 spiro atoms. The third kappa shape index (κ3) is 4.29. The van der Waals surface area contributed by atoms with Crippen LogP contribution in [0.15, 0.2) is 24.3 Å². The van der Waals surface area contributed by atoms with E-state index in [1.165, 1.54) is 16.0 Å². The van der Waals surface area contributed by atoms with Crippen molar-refractivity contribution in [1.82, 2.24) is 0 Å². The topological polar surface area (TPSA) is 75.4 Å². The van der Waals surface area contributed by atoms with Crippen LogP contribution >= 0.6 is 0 Å². The highest BCUT2D eigenvalue weighted by Crippen LogP contribution is 2.12. The summed E-state index contributed by atoms with van der Waals surface area (Å²) in [6.45, 7) is 2.91. The van der Waals surface area contributed by atoms with Gasteiger partial charge in [0.25, 0.3) is 0 Å². The average molecular weight is 328 g/mol. The van der Waals surface area contributed by atoms with Crippen molar-refractivity contribution < 1.29 is 23.7 Å². The highest BCUT2D eigenvalue weighted by Gasteiger charge is 2.39. The third-order valence-electron chi connectivity index (χ3n) is 4.53. The molecule has 0 bridgehead atoms. The van der Waals surface area contributed by atoms with Gasteiger partial charge in [-0.2, -0.15) is 0 Å². The van der Waals surface area contributed by atoms with Gasteiger partial charge in [0.15, 0.2) is 15.9 Å². The first kappa shape index (κ1) is 17.4. The van der Waals surface area contributed by atoms with Crippen molar-refractivity contribution in [2.24, 2.45) is 0 Å². The van der Waals surface area contributed by atoms with Crippen LogP contribution in [0.4, 0.5) is 0 Å². The lowest BCUT2D eigenvalue weighted by Crippen LogP contribution is -3.10. The van der Waals surface area contributed by atoms with Gasteiger partial charge in [0.2, 0.25) is 0 Å². The summed E-state index contributed by atoms with van der Waals surface area (Å²) in [4.78, 5) is 1.30. The van der Waals surface area contributed by atoms with Gasteiger partial charge in [0, 0.05) is 5.56 Å². The number of nitrogens with two attached hydrogens (primary N) is 1. The van der Waals surface area contributed by atoms with Gasteiger partial charge in [-0.05, 0) is 12.0 Å². The molecule has 1 aliphatic rings. The third-order valence-corrected chi connectivity index (χ3v) is 6.27.